The van der Waals surface area contributed by atoms with E-state index in [1.165, 1.54) is 6.07 Å². The third-order valence-corrected chi connectivity index (χ3v) is 6.91. The fourth-order valence-corrected chi connectivity index (χ4v) is 4.98. The van der Waals surface area contributed by atoms with Crippen molar-refractivity contribution in [3.8, 4) is 0 Å². The Kier molecular flexibility index (Phi) is 5.54. The summed E-state index contributed by atoms with van der Waals surface area (Å²) in [7, 11) is -3.80. The van der Waals surface area contributed by atoms with Crippen molar-refractivity contribution in [2.45, 2.75) is 37.4 Å². The second kappa shape index (κ2) is 6.34. The van der Waals surface area contributed by atoms with E-state index in [1.807, 2.05) is 6.92 Å². The minimum atomic E-state index is -3.80. The first kappa shape index (κ1) is 16.6. The number of carboxylic acid groups (broad SMARTS) is 1. The van der Waals surface area contributed by atoms with Gasteiger partial charge in [0, 0.05) is 0 Å². The van der Waals surface area contributed by atoms with Gasteiger partial charge in [0.05, 0.1) is 3.79 Å². The molecule has 1 rings (SSSR count). The molecule has 0 aliphatic heterocycles. The van der Waals surface area contributed by atoms with Gasteiger partial charge in [-0.1, -0.05) is 20.3 Å². The molecular weight excluding hydrogens is 354 g/mol. The molecule has 19 heavy (non-hydrogen) atoms. The molecule has 0 bridgehead atoms. The Morgan fingerprint density at radius 1 is 1.58 bits per heavy atom. The SMILES string of the molecule is CCC(C)[C@H](NS(=O)(=O)c1cc(C)c(Br)s1)C(=O)O. The fraction of sp³-hybridized carbons (Fsp3) is 0.545. The number of rotatable bonds is 6. The molecule has 0 spiro atoms. The number of nitrogens with one attached hydrogen (secondary N) is 1. The fourth-order valence-electron chi connectivity index (χ4n) is 1.44. The number of hydrogen-bond acceptors (Lipinski definition) is 4. The molecule has 0 amide bonds. The quantitative estimate of drug-likeness (QED) is 0.806. The van der Waals surface area contributed by atoms with Crippen LogP contribution in [0.15, 0.2) is 14.1 Å². The van der Waals surface area contributed by atoms with Crippen LogP contribution in [0, 0.1) is 12.8 Å². The van der Waals surface area contributed by atoms with Crippen LogP contribution in [0.4, 0.5) is 0 Å². The van der Waals surface area contributed by atoms with E-state index in [0.717, 1.165) is 20.7 Å². The summed E-state index contributed by atoms with van der Waals surface area (Å²) >= 11 is 4.32. The summed E-state index contributed by atoms with van der Waals surface area (Å²) in [6.07, 6.45) is 0.576. The molecular formula is C11H16BrNO4S2. The topological polar surface area (TPSA) is 83.5 Å². The minimum Gasteiger partial charge on any atom is -0.480 e. The Bertz CT molecular complexity index is 548. The maximum atomic E-state index is 12.1. The molecule has 1 aromatic rings. The summed E-state index contributed by atoms with van der Waals surface area (Å²) in [6.45, 7) is 5.31. The number of hydrogen-bond donors (Lipinski definition) is 2. The van der Waals surface area contributed by atoms with Crippen LogP contribution in [0.3, 0.4) is 0 Å². The summed E-state index contributed by atoms with van der Waals surface area (Å²) < 4.78 is 27.4. The van der Waals surface area contributed by atoms with Crippen molar-refractivity contribution >= 4 is 43.3 Å². The summed E-state index contributed by atoms with van der Waals surface area (Å²) in [5, 5.41) is 9.11. The lowest BCUT2D eigenvalue weighted by molar-refractivity contribution is -0.140. The molecule has 0 fully saturated rings. The molecule has 5 nitrogen and oxygen atoms in total. The predicted molar refractivity (Wildman–Crippen MR) is 78.0 cm³/mol. The van der Waals surface area contributed by atoms with Crippen LogP contribution in [0.2, 0.25) is 0 Å². The van der Waals surface area contributed by atoms with Crippen molar-refractivity contribution in [1.29, 1.82) is 0 Å². The van der Waals surface area contributed by atoms with Crippen LogP contribution in [0.25, 0.3) is 0 Å². The van der Waals surface area contributed by atoms with Gasteiger partial charge in [0.2, 0.25) is 0 Å². The lowest BCUT2D eigenvalue weighted by atomic mass is 10.0. The summed E-state index contributed by atoms with van der Waals surface area (Å²) in [5.41, 5.74) is 0.806. The minimum absolute atomic E-state index is 0.117. The Morgan fingerprint density at radius 3 is 2.53 bits per heavy atom. The molecule has 2 N–H and O–H groups in total. The van der Waals surface area contributed by atoms with Crippen molar-refractivity contribution in [1.82, 2.24) is 4.72 Å². The van der Waals surface area contributed by atoms with E-state index < -0.39 is 22.0 Å². The smallest absolute Gasteiger partial charge is 0.322 e. The van der Waals surface area contributed by atoms with Crippen LogP contribution in [-0.2, 0) is 14.8 Å². The van der Waals surface area contributed by atoms with Gasteiger partial charge in [-0.3, -0.25) is 4.79 Å². The standard InChI is InChI=1S/C11H16BrNO4S2/c1-4-6(2)9(11(14)15)13-19(16,17)8-5-7(3)10(12)18-8/h5-6,9,13H,4H2,1-3H3,(H,14,15)/t6?,9-/m0/s1. The number of thiophene rings is 1. The molecule has 0 saturated heterocycles. The van der Waals surface area contributed by atoms with Gasteiger partial charge >= 0.3 is 5.97 Å². The van der Waals surface area contributed by atoms with Crippen molar-refractivity contribution in [3.63, 3.8) is 0 Å². The number of aryl methyl sites for hydroxylation is 1. The molecule has 0 saturated carbocycles. The normalized spacial score (nSPS) is 15.2. The Morgan fingerprint density at radius 2 is 2.16 bits per heavy atom. The average Bonchev–Trinajstić information content (AvgIpc) is 2.66. The number of carbonyl (C=O) groups is 1. The number of sulfonamides is 1. The molecule has 0 aliphatic rings. The highest BCUT2D eigenvalue weighted by Gasteiger charge is 2.30. The Labute approximate surface area is 125 Å². The van der Waals surface area contributed by atoms with Gasteiger partial charge in [-0.25, -0.2) is 8.42 Å². The van der Waals surface area contributed by atoms with E-state index in [0.29, 0.717) is 6.42 Å². The number of halogens is 1. The third kappa shape index (κ3) is 4.01. The first-order valence-electron chi connectivity index (χ1n) is 5.70. The van der Waals surface area contributed by atoms with Gasteiger partial charge in [0.25, 0.3) is 10.0 Å². The van der Waals surface area contributed by atoms with Crippen LogP contribution < -0.4 is 4.72 Å². The van der Waals surface area contributed by atoms with Gasteiger partial charge < -0.3 is 5.11 Å². The van der Waals surface area contributed by atoms with Crippen molar-refractivity contribution < 1.29 is 18.3 Å². The lowest BCUT2D eigenvalue weighted by Gasteiger charge is -2.19. The Balaban J connectivity index is 3.04. The monoisotopic (exact) mass is 369 g/mol. The van der Waals surface area contributed by atoms with Gasteiger partial charge in [-0.15, -0.1) is 11.3 Å². The van der Waals surface area contributed by atoms with Gasteiger partial charge in [0.1, 0.15) is 10.3 Å². The first-order chi connectivity index (χ1) is 8.69. The van der Waals surface area contributed by atoms with E-state index in [2.05, 4.69) is 20.7 Å². The maximum absolute atomic E-state index is 12.1. The Hall–Kier alpha value is -0.440. The van der Waals surface area contributed by atoms with Gasteiger partial charge in [0.15, 0.2) is 0 Å². The molecule has 8 heteroatoms. The highest BCUT2D eigenvalue weighted by atomic mass is 79.9. The van der Waals surface area contributed by atoms with Crippen molar-refractivity contribution in [2.75, 3.05) is 0 Å². The highest BCUT2D eigenvalue weighted by molar-refractivity contribution is 9.11. The molecule has 0 radical (unpaired) electrons. The van der Waals surface area contributed by atoms with E-state index in [4.69, 9.17) is 5.11 Å². The zero-order chi connectivity index (χ0) is 14.8. The zero-order valence-electron chi connectivity index (χ0n) is 10.8. The highest BCUT2D eigenvalue weighted by Crippen LogP contribution is 2.30. The molecule has 1 heterocycles. The van der Waals surface area contributed by atoms with Crippen LogP contribution in [-0.4, -0.2) is 25.5 Å². The lowest BCUT2D eigenvalue weighted by Crippen LogP contribution is -2.44. The van der Waals surface area contributed by atoms with Gasteiger partial charge in [-0.05, 0) is 40.4 Å². The summed E-state index contributed by atoms with van der Waals surface area (Å²) in [5.74, 6) is -1.44. The molecule has 108 valence electrons. The second-order valence-electron chi connectivity index (χ2n) is 4.34. The molecule has 1 aromatic heterocycles. The number of carboxylic acids is 1. The zero-order valence-corrected chi connectivity index (χ0v) is 14.0. The average molecular weight is 370 g/mol. The van der Waals surface area contributed by atoms with E-state index in [9.17, 15) is 13.2 Å². The van der Waals surface area contributed by atoms with E-state index in [1.54, 1.807) is 13.8 Å². The van der Waals surface area contributed by atoms with E-state index in [-0.39, 0.29) is 10.1 Å². The largest absolute Gasteiger partial charge is 0.480 e. The second-order valence-corrected chi connectivity index (χ2v) is 8.66. The van der Waals surface area contributed by atoms with Crippen LogP contribution >= 0.6 is 27.3 Å². The van der Waals surface area contributed by atoms with Crippen LogP contribution in [0.5, 0.6) is 0 Å². The maximum Gasteiger partial charge on any atom is 0.322 e. The van der Waals surface area contributed by atoms with Gasteiger partial charge in [-0.2, -0.15) is 4.72 Å². The first-order valence-corrected chi connectivity index (χ1v) is 8.79. The molecule has 1 unspecified atom stereocenters. The van der Waals surface area contributed by atoms with Crippen molar-refractivity contribution in [2.24, 2.45) is 5.92 Å². The van der Waals surface area contributed by atoms with E-state index >= 15 is 0 Å². The molecule has 2 atom stereocenters. The predicted octanol–water partition coefficient (Wildman–Crippen LogP) is 2.60. The van der Waals surface area contributed by atoms with Crippen LogP contribution in [0.1, 0.15) is 25.8 Å². The van der Waals surface area contributed by atoms with Crippen molar-refractivity contribution in [3.05, 3.63) is 15.4 Å². The molecule has 0 aliphatic carbocycles. The molecule has 0 aromatic carbocycles. The number of aliphatic carboxylic acids is 1. The third-order valence-electron chi connectivity index (χ3n) is 2.86. The summed E-state index contributed by atoms with van der Waals surface area (Å²) in [6, 6.07) is 0.406. The summed E-state index contributed by atoms with van der Waals surface area (Å²) in [4.78, 5) is 11.1.